The number of phenols is 1. The molecule has 2 heteroatoms. The van der Waals surface area contributed by atoms with Gasteiger partial charge in [-0.3, -0.25) is 0 Å². The standard InChI is InChI=1S/C23H40O.Nd/c1-4-7-9-10-11-12-13-15-21-16-17-23(24)22(19-21)18-20(6-3)14-8-5-2;/h16-17,19-20,24H,4-15,18H2,1-3H3;. The van der Waals surface area contributed by atoms with Crippen molar-refractivity contribution in [3.05, 3.63) is 29.3 Å². The molecule has 0 bridgehead atoms. The molecule has 0 saturated carbocycles. The van der Waals surface area contributed by atoms with Crippen LogP contribution in [-0.4, -0.2) is 5.11 Å². The average Bonchev–Trinajstić information content (AvgIpc) is 2.60. The van der Waals surface area contributed by atoms with Crippen molar-refractivity contribution in [1.82, 2.24) is 0 Å². The summed E-state index contributed by atoms with van der Waals surface area (Å²) in [6, 6.07) is 6.29. The van der Waals surface area contributed by atoms with Gasteiger partial charge in [0.05, 0.1) is 0 Å². The zero-order valence-corrected chi connectivity index (χ0v) is 20.2. The second-order valence-electron chi connectivity index (χ2n) is 7.46. The van der Waals surface area contributed by atoms with Crippen molar-refractivity contribution in [2.45, 2.75) is 104 Å². The molecule has 0 amide bonds. The molecule has 0 aromatic heterocycles. The average molecular weight is 477 g/mol. The molecule has 0 heterocycles. The van der Waals surface area contributed by atoms with Crippen LogP contribution in [0.4, 0.5) is 0 Å². The van der Waals surface area contributed by atoms with E-state index in [1.54, 1.807) is 0 Å². The smallest absolute Gasteiger partial charge is 0.118 e. The van der Waals surface area contributed by atoms with E-state index in [1.807, 2.05) is 6.07 Å². The van der Waals surface area contributed by atoms with Gasteiger partial charge in [0.1, 0.15) is 5.75 Å². The summed E-state index contributed by atoms with van der Waals surface area (Å²) < 4.78 is 0. The Hall–Kier alpha value is 0.371. The van der Waals surface area contributed by atoms with Crippen molar-refractivity contribution in [1.29, 1.82) is 0 Å². The molecule has 0 radical (unpaired) electrons. The molecule has 1 N–H and O–H groups in total. The predicted molar refractivity (Wildman–Crippen MR) is 107 cm³/mol. The quantitative estimate of drug-likeness (QED) is 0.277. The molecule has 1 nitrogen and oxygen atoms in total. The summed E-state index contributed by atoms with van der Waals surface area (Å²) in [5.74, 6) is 1.21. The molecule has 1 aromatic carbocycles. The number of hydrogen-bond acceptors (Lipinski definition) is 1. The number of benzene rings is 1. The van der Waals surface area contributed by atoms with E-state index in [9.17, 15) is 5.11 Å². The van der Waals surface area contributed by atoms with Gasteiger partial charge in [-0.1, -0.05) is 97.1 Å². The summed E-state index contributed by atoms with van der Waals surface area (Å²) in [5, 5.41) is 10.2. The van der Waals surface area contributed by atoms with Crippen molar-refractivity contribution in [3.63, 3.8) is 0 Å². The van der Waals surface area contributed by atoms with Crippen molar-refractivity contribution in [2.24, 2.45) is 5.92 Å². The SMILES string of the molecule is CCCCCCCCCc1ccc(O)c(CC(CC)CCCC)c1.[Nd]. The van der Waals surface area contributed by atoms with Gasteiger partial charge in [0.25, 0.3) is 0 Å². The van der Waals surface area contributed by atoms with Gasteiger partial charge in [0.2, 0.25) is 0 Å². The van der Waals surface area contributed by atoms with Gasteiger partial charge in [-0.25, -0.2) is 0 Å². The van der Waals surface area contributed by atoms with Crippen LogP contribution in [0.2, 0.25) is 0 Å². The van der Waals surface area contributed by atoms with Crippen LogP contribution in [0, 0.1) is 46.8 Å². The van der Waals surface area contributed by atoms with Crippen LogP contribution in [0.3, 0.4) is 0 Å². The van der Waals surface area contributed by atoms with Gasteiger partial charge >= 0.3 is 0 Å². The maximum Gasteiger partial charge on any atom is 0.118 e. The van der Waals surface area contributed by atoms with Crippen LogP contribution in [0.25, 0.3) is 0 Å². The normalized spacial score (nSPS) is 12.0. The van der Waals surface area contributed by atoms with Crippen LogP contribution >= 0.6 is 0 Å². The first-order valence-corrected chi connectivity index (χ1v) is 10.5. The Bertz CT molecular complexity index is 430. The first-order chi connectivity index (χ1) is 11.7. The largest absolute Gasteiger partial charge is 0.508 e. The molecular weight excluding hydrogens is 436 g/mol. The van der Waals surface area contributed by atoms with E-state index >= 15 is 0 Å². The Labute approximate surface area is 189 Å². The van der Waals surface area contributed by atoms with Crippen LogP contribution < -0.4 is 0 Å². The molecule has 0 spiro atoms. The summed E-state index contributed by atoms with van der Waals surface area (Å²) in [5.41, 5.74) is 2.57. The number of aryl methyl sites for hydroxylation is 1. The minimum atomic E-state index is 0. The minimum absolute atomic E-state index is 0. The molecule has 0 aliphatic rings. The Morgan fingerprint density at radius 3 is 2.12 bits per heavy atom. The van der Waals surface area contributed by atoms with E-state index in [-0.39, 0.29) is 40.8 Å². The predicted octanol–water partition coefficient (Wildman–Crippen LogP) is 7.44. The fourth-order valence-corrected chi connectivity index (χ4v) is 3.50. The zero-order valence-electron chi connectivity index (χ0n) is 16.9. The fourth-order valence-electron chi connectivity index (χ4n) is 3.50. The van der Waals surface area contributed by atoms with Crippen LogP contribution in [0.15, 0.2) is 18.2 Å². The van der Waals surface area contributed by atoms with Gasteiger partial charge in [0, 0.05) is 40.8 Å². The number of aromatic hydroxyl groups is 1. The van der Waals surface area contributed by atoms with E-state index < -0.39 is 0 Å². The van der Waals surface area contributed by atoms with E-state index in [2.05, 4.69) is 32.9 Å². The minimum Gasteiger partial charge on any atom is -0.508 e. The van der Waals surface area contributed by atoms with Crippen LogP contribution in [-0.2, 0) is 12.8 Å². The molecule has 0 fully saturated rings. The monoisotopic (exact) mass is 474 g/mol. The van der Waals surface area contributed by atoms with Crippen molar-refractivity contribution < 1.29 is 45.9 Å². The van der Waals surface area contributed by atoms with Crippen LogP contribution in [0.5, 0.6) is 5.75 Å². The summed E-state index contributed by atoms with van der Waals surface area (Å²) in [6.45, 7) is 6.81. The molecule has 1 atom stereocenters. The number of hydrogen-bond donors (Lipinski definition) is 1. The summed E-state index contributed by atoms with van der Waals surface area (Å²) in [6.07, 6.45) is 16.8. The molecule has 0 aliphatic carbocycles. The van der Waals surface area contributed by atoms with E-state index in [0.29, 0.717) is 11.7 Å². The molecule has 25 heavy (non-hydrogen) atoms. The number of rotatable bonds is 14. The molecule has 142 valence electrons. The Kier molecular flexibility index (Phi) is 16.8. The van der Waals surface area contributed by atoms with Gasteiger partial charge in [-0.2, -0.15) is 0 Å². The maximum absolute atomic E-state index is 10.2. The van der Waals surface area contributed by atoms with Gasteiger partial charge < -0.3 is 5.11 Å². The zero-order chi connectivity index (χ0) is 17.6. The molecule has 0 saturated heterocycles. The van der Waals surface area contributed by atoms with Crippen molar-refractivity contribution in [3.8, 4) is 5.75 Å². The topological polar surface area (TPSA) is 20.2 Å². The molecule has 0 aliphatic heterocycles. The van der Waals surface area contributed by atoms with Gasteiger partial charge in [-0.05, 0) is 42.4 Å². The summed E-state index contributed by atoms with van der Waals surface area (Å²) in [4.78, 5) is 0. The third-order valence-electron chi connectivity index (χ3n) is 5.26. The Morgan fingerprint density at radius 2 is 1.48 bits per heavy atom. The second kappa shape index (κ2) is 16.5. The van der Waals surface area contributed by atoms with Crippen LogP contribution in [0.1, 0.15) is 103 Å². The first kappa shape index (κ1) is 25.4. The molecule has 1 rings (SSSR count). The second-order valence-corrected chi connectivity index (χ2v) is 7.46. The fraction of sp³-hybridized carbons (Fsp3) is 0.739. The third-order valence-corrected chi connectivity index (χ3v) is 5.26. The molecule has 1 unspecified atom stereocenters. The van der Waals surface area contributed by atoms with Gasteiger partial charge in [-0.15, -0.1) is 0 Å². The Balaban J connectivity index is 0.00000576. The first-order valence-electron chi connectivity index (χ1n) is 10.5. The van der Waals surface area contributed by atoms with E-state index in [1.165, 1.54) is 81.8 Å². The van der Waals surface area contributed by atoms with Crippen molar-refractivity contribution >= 4 is 0 Å². The summed E-state index contributed by atoms with van der Waals surface area (Å²) >= 11 is 0. The maximum atomic E-state index is 10.2. The third kappa shape index (κ3) is 11.6. The number of unbranched alkanes of at least 4 members (excludes halogenated alkanes) is 7. The van der Waals surface area contributed by atoms with Crippen molar-refractivity contribution in [2.75, 3.05) is 0 Å². The van der Waals surface area contributed by atoms with E-state index in [0.717, 1.165) is 12.8 Å². The van der Waals surface area contributed by atoms with E-state index in [4.69, 9.17) is 0 Å². The number of phenolic OH excluding ortho intramolecular Hbond substituents is 1. The van der Waals surface area contributed by atoms with Gasteiger partial charge in [0.15, 0.2) is 0 Å². The molecule has 1 aromatic rings. The molecular formula is C23H40NdO. The Morgan fingerprint density at radius 1 is 0.840 bits per heavy atom. The summed E-state index contributed by atoms with van der Waals surface area (Å²) in [7, 11) is 0.